The smallest absolute Gasteiger partial charge is 0.264 e. The molecule has 0 N–H and O–H groups in total. The van der Waals surface area contributed by atoms with E-state index in [-0.39, 0.29) is 0 Å². The van der Waals surface area contributed by atoms with Gasteiger partial charge in [0.05, 0.1) is 11.3 Å². The Hall–Kier alpha value is -2.69. The molecule has 0 saturated heterocycles. The number of hydrogen-bond acceptors (Lipinski definition) is 2. The van der Waals surface area contributed by atoms with E-state index in [1.54, 1.807) is 48.8 Å². The molecule has 3 rings (SSSR count). The molecule has 0 amide bonds. The van der Waals surface area contributed by atoms with E-state index in [9.17, 15) is 13.2 Å². The predicted octanol–water partition coefficient (Wildman–Crippen LogP) is 4.83. The number of rotatable bonds is 2. The number of nitrogens with zero attached hydrogens (tertiary/aromatic N) is 2. The third-order valence-corrected chi connectivity index (χ3v) is 3.23. The molecule has 2 aromatic heterocycles. The molecule has 0 bridgehead atoms. The van der Waals surface area contributed by atoms with Gasteiger partial charge >= 0.3 is 6.18 Å². The van der Waals surface area contributed by atoms with Gasteiger partial charge in [-0.15, -0.1) is 0 Å². The summed E-state index contributed by atoms with van der Waals surface area (Å²) in [4.78, 5) is 8.04. The van der Waals surface area contributed by atoms with Crippen LogP contribution in [0.4, 0.5) is 13.2 Å². The fourth-order valence-electron chi connectivity index (χ4n) is 2.19. The molecule has 3 aromatic rings. The Morgan fingerprint density at radius 1 is 0.818 bits per heavy atom. The number of benzene rings is 1. The monoisotopic (exact) mass is 300 g/mol. The van der Waals surface area contributed by atoms with Crippen LogP contribution >= 0.6 is 0 Å². The zero-order chi connectivity index (χ0) is 15.6. The first-order valence-corrected chi connectivity index (χ1v) is 6.59. The maximum atomic E-state index is 13.0. The topological polar surface area (TPSA) is 25.8 Å². The average Bonchev–Trinajstić information content (AvgIpc) is 2.55. The summed E-state index contributed by atoms with van der Waals surface area (Å²) < 4.78 is 38.9. The molecule has 0 aliphatic rings. The molecule has 110 valence electrons. The molecule has 0 saturated carbocycles. The highest BCUT2D eigenvalue weighted by atomic mass is 19.4. The molecular formula is C17H11F3N2. The van der Waals surface area contributed by atoms with Crippen molar-refractivity contribution >= 4 is 0 Å². The molecule has 0 spiro atoms. The lowest BCUT2D eigenvalue weighted by Gasteiger charge is -2.13. The molecule has 0 unspecified atom stereocenters. The summed E-state index contributed by atoms with van der Waals surface area (Å²) in [5.74, 6) is 0. The molecule has 5 heteroatoms. The van der Waals surface area contributed by atoms with Crippen LogP contribution in [0.5, 0.6) is 0 Å². The SMILES string of the molecule is FC(F)(F)c1cnc(-c2cccnc2)c(-c2ccccc2)c1. The van der Waals surface area contributed by atoms with E-state index in [2.05, 4.69) is 9.97 Å². The van der Waals surface area contributed by atoms with Crippen LogP contribution in [0.3, 0.4) is 0 Å². The van der Waals surface area contributed by atoms with Crippen LogP contribution < -0.4 is 0 Å². The second kappa shape index (κ2) is 5.60. The number of alkyl halides is 3. The highest BCUT2D eigenvalue weighted by Crippen LogP contribution is 2.36. The largest absolute Gasteiger partial charge is 0.417 e. The van der Waals surface area contributed by atoms with Crippen molar-refractivity contribution in [3.05, 3.63) is 72.7 Å². The Morgan fingerprint density at radius 2 is 1.55 bits per heavy atom. The van der Waals surface area contributed by atoms with Gasteiger partial charge in [0, 0.05) is 29.7 Å². The van der Waals surface area contributed by atoms with Crippen molar-refractivity contribution in [2.24, 2.45) is 0 Å². The fourth-order valence-corrected chi connectivity index (χ4v) is 2.19. The molecule has 1 aromatic carbocycles. The van der Waals surface area contributed by atoms with Gasteiger partial charge in [0.1, 0.15) is 0 Å². The number of hydrogen-bond donors (Lipinski definition) is 0. The molecule has 0 radical (unpaired) electrons. The number of aromatic nitrogens is 2. The van der Waals surface area contributed by atoms with Crippen LogP contribution in [-0.4, -0.2) is 9.97 Å². The molecule has 2 nitrogen and oxygen atoms in total. The zero-order valence-corrected chi connectivity index (χ0v) is 11.4. The van der Waals surface area contributed by atoms with Crippen LogP contribution in [0.2, 0.25) is 0 Å². The summed E-state index contributed by atoms with van der Waals surface area (Å²) >= 11 is 0. The first-order chi connectivity index (χ1) is 10.6. The molecule has 2 heterocycles. The molecule has 0 aliphatic heterocycles. The first-order valence-electron chi connectivity index (χ1n) is 6.59. The van der Waals surface area contributed by atoms with Gasteiger partial charge < -0.3 is 0 Å². The van der Waals surface area contributed by atoms with E-state index in [0.29, 0.717) is 22.4 Å². The molecule has 0 atom stereocenters. The molecule has 0 aliphatic carbocycles. The van der Waals surface area contributed by atoms with Gasteiger partial charge in [-0.3, -0.25) is 9.97 Å². The normalized spacial score (nSPS) is 11.4. The van der Waals surface area contributed by atoms with E-state index in [1.165, 1.54) is 0 Å². The standard InChI is InChI=1S/C17H11F3N2/c18-17(19,20)14-9-15(12-5-2-1-3-6-12)16(22-11-14)13-7-4-8-21-10-13/h1-11H. The summed E-state index contributed by atoms with van der Waals surface area (Å²) in [6.07, 6.45) is -0.378. The van der Waals surface area contributed by atoms with E-state index in [1.807, 2.05) is 6.07 Å². The van der Waals surface area contributed by atoms with E-state index in [0.717, 1.165) is 12.3 Å². The highest BCUT2D eigenvalue weighted by molar-refractivity contribution is 5.80. The zero-order valence-electron chi connectivity index (χ0n) is 11.4. The van der Waals surface area contributed by atoms with Crippen LogP contribution in [0, 0.1) is 0 Å². The lowest BCUT2D eigenvalue weighted by molar-refractivity contribution is -0.137. The van der Waals surface area contributed by atoms with Crippen molar-refractivity contribution in [1.29, 1.82) is 0 Å². The second-order valence-electron chi connectivity index (χ2n) is 4.73. The van der Waals surface area contributed by atoms with E-state index < -0.39 is 11.7 Å². The number of pyridine rings is 2. The summed E-state index contributed by atoms with van der Waals surface area (Å²) in [6.45, 7) is 0. The van der Waals surface area contributed by atoms with Crippen molar-refractivity contribution in [3.63, 3.8) is 0 Å². The molecule has 0 fully saturated rings. The summed E-state index contributed by atoms with van der Waals surface area (Å²) in [6, 6.07) is 13.5. The quantitative estimate of drug-likeness (QED) is 0.677. The van der Waals surface area contributed by atoms with Crippen LogP contribution in [0.25, 0.3) is 22.4 Å². The van der Waals surface area contributed by atoms with Gasteiger partial charge in [-0.05, 0) is 23.8 Å². The van der Waals surface area contributed by atoms with Gasteiger partial charge in [0.25, 0.3) is 0 Å². The van der Waals surface area contributed by atoms with E-state index >= 15 is 0 Å². The lowest BCUT2D eigenvalue weighted by Crippen LogP contribution is -2.06. The van der Waals surface area contributed by atoms with Crippen molar-refractivity contribution < 1.29 is 13.2 Å². The first kappa shape index (κ1) is 14.3. The minimum atomic E-state index is -4.43. The third-order valence-electron chi connectivity index (χ3n) is 3.23. The third kappa shape index (κ3) is 2.83. The summed E-state index contributed by atoms with van der Waals surface area (Å²) in [7, 11) is 0. The van der Waals surface area contributed by atoms with Gasteiger partial charge in [-0.25, -0.2) is 0 Å². The Kier molecular flexibility index (Phi) is 3.63. The van der Waals surface area contributed by atoms with Crippen molar-refractivity contribution in [3.8, 4) is 22.4 Å². The average molecular weight is 300 g/mol. The van der Waals surface area contributed by atoms with Crippen molar-refractivity contribution in [1.82, 2.24) is 9.97 Å². The number of halogens is 3. The van der Waals surface area contributed by atoms with Crippen LogP contribution in [0.1, 0.15) is 5.56 Å². The fraction of sp³-hybridized carbons (Fsp3) is 0.0588. The van der Waals surface area contributed by atoms with Gasteiger partial charge in [-0.2, -0.15) is 13.2 Å². The Balaban J connectivity index is 2.23. The van der Waals surface area contributed by atoms with Crippen molar-refractivity contribution in [2.75, 3.05) is 0 Å². The maximum absolute atomic E-state index is 13.0. The Labute approximate surface area is 125 Å². The minimum absolute atomic E-state index is 0.434. The summed E-state index contributed by atoms with van der Waals surface area (Å²) in [5, 5.41) is 0. The maximum Gasteiger partial charge on any atom is 0.417 e. The highest BCUT2D eigenvalue weighted by Gasteiger charge is 2.32. The van der Waals surface area contributed by atoms with Crippen molar-refractivity contribution in [2.45, 2.75) is 6.18 Å². The van der Waals surface area contributed by atoms with Crippen LogP contribution in [-0.2, 0) is 6.18 Å². The minimum Gasteiger partial charge on any atom is -0.264 e. The molecular weight excluding hydrogens is 289 g/mol. The Morgan fingerprint density at radius 3 is 2.18 bits per heavy atom. The lowest BCUT2D eigenvalue weighted by atomic mass is 9.98. The van der Waals surface area contributed by atoms with Gasteiger partial charge in [-0.1, -0.05) is 30.3 Å². The van der Waals surface area contributed by atoms with Gasteiger partial charge in [0.2, 0.25) is 0 Å². The predicted molar refractivity (Wildman–Crippen MR) is 77.9 cm³/mol. The van der Waals surface area contributed by atoms with E-state index in [4.69, 9.17) is 0 Å². The molecule has 22 heavy (non-hydrogen) atoms. The van der Waals surface area contributed by atoms with Crippen LogP contribution in [0.15, 0.2) is 67.1 Å². The summed E-state index contributed by atoms with van der Waals surface area (Å²) in [5.41, 5.74) is 1.50. The second-order valence-corrected chi connectivity index (χ2v) is 4.73. The van der Waals surface area contributed by atoms with Gasteiger partial charge in [0.15, 0.2) is 0 Å². The Bertz CT molecular complexity index is 769.